The fraction of sp³-hybridized carbons (Fsp3) is 0.375. The van der Waals surface area contributed by atoms with E-state index in [9.17, 15) is 14.4 Å². The Labute approximate surface area is 177 Å². The lowest BCUT2D eigenvalue weighted by molar-refractivity contribution is -0.137. The molecule has 0 bridgehead atoms. The van der Waals surface area contributed by atoms with Crippen LogP contribution in [0.15, 0.2) is 42.5 Å². The molecular formula is C24H29N3O3. The third kappa shape index (κ3) is 4.87. The molecule has 2 aromatic carbocycles. The molecule has 0 aliphatic carbocycles. The van der Waals surface area contributed by atoms with E-state index in [1.54, 1.807) is 11.9 Å². The van der Waals surface area contributed by atoms with E-state index in [2.05, 4.69) is 12.2 Å². The molecule has 3 amide bonds. The molecule has 0 saturated carbocycles. The van der Waals surface area contributed by atoms with Gasteiger partial charge in [-0.1, -0.05) is 31.2 Å². The van der Waals surface area contributed by atoms with Crippen molar-refractivity contribution < 1.29 is 14.4 Å². The Morgan fingerprint density at radius 1 is 1.17 bits per heavy atom. The summed E-state index contributed by atoms with van der Waals surface area (Å²) < 4.78 is 0. The summed E-state index contributed by atoms with van der Waals surface area (Å²) in [6.07, 6.45) is 1.05. The Kier molecular flexibility index (Phi) is 6.55. The predicted octanol–water partition coefficient (Wildman–Crippen LogP) is 3.32. The molecule has 1 fully saturated rings. The number of aryl methyl sites for hydroxylation is 3. The normalized spacial score (nSPS) is 15.9. The lowest BCUT2D eigenvalue weighted by Gasteiger charge is -2.21. The molecule has 0 spiro atoms. The second-order valence-corrected chi connectivity index (χ2v) is 7.99. The number of amides is 3. The molecule has 158 valence electrons. The van der Waals surface area contributed by atoms with Gasteiger partial charge in [-0.05, 0) is 55.2 Å². The highest BCUT2D eigenvalue weighted by molar-refractivity contribution is 6.01. The van der Waals surface area contributed by atoms with Gasteiger partial charge in [0.2, 0.25) is 17.7 Å². The minimum atomic E-state index is -0.443. The molecule has 1 aliphatic rings. The van der Waals surface area contributed by atoms with Crippen LogP contribution in [0.1, 0.15) is 30.0 Å². The SMILES string of the molecule is CCc1cccc(N2C[C@H](C(=O)N(C)CC(=O)Nc3cc(C)ccc3C)CC2=O)c1. The topological polar surface area (TPSA) is 69.7 Å². The highest BCUT2D eigenvalue weighted by atomic mass is 16.2. The zero-order valence-electron chi connectivity index (χ0n) is 18.1. The highest BCUT2D eigenvalue weighted by Gasteiger charge is 2.36. The molecule has 1 atom stereocenters. The van der Waals surface area contributed by atoms with Crippen molar-refractivity contribution in [2.45, 2.75) is 33.6 Å². The van der Waals surface area contributed by atoms with E-state index in [1.807, 2.05) is 56.3 Å². The van der Waals surface area contributed by atoms with Gasteiger partial charge in [-0.2, -0.15) is 0 Å². The summed E-state index contributed by atoms with van der Waals surface area (Å²) in [6.45, 7) is 6.24. The Morgan fingerprint density at radius 2 is 1.93 bits per heavy atom. The molecule has 6 nitrogen and oxygen atoms in total. The van der Waals surface area contributed by atoms with E-state index in [-0.39, 0.29) is 30.7 Å². The second kappa shape index (κ2) is 9.11. The average molecular weight is 408 g/mol. The quantitative estimate of drug-likeness (QED) is 0.799. The number of nitrogens with one attached hydrogen (secondary N) is 1. The molecule has 0 unspecified atom stereocenters. The summed E-state index contributed by atoms with van der Waals surface area (Å²) in [7, 11) is 1.61. The van der Waals surface area contributed by atoms with Gasteiger partial charge in [0.15, 0.2) is 0 Å². The van der Waals surface area contributed by atoms with Crippen LogP contribution < -0.4 is 10.2 Å². The molecule has 3 rings (SSSR count). The summed E-state index contributed by atoms with van der Waals surface area (Å²) in [4.78, 5) is 40.9. The molecule has 0 aromatic heterocycles. The zero-order chi connectivity index (χ0) is 21.8. The standard InChI is InChI=1S/C24H29N3O3/c1-5-18-7-6-8-20(12-18)27-14-19(13-23(27)29)24(30)26(4)15-22(28)25-21-11-16(2)9-10-17(21)3/h6-12,19H,5,13-15H2,1-4H3,(H,25,28)/t19-/m1/s1. The van der Waals surface area contributed by atoms with Gasteiger partial charge in [-0.25, -0.2) is 0 Å². The Morgan fingerprint density at radius 3 is 2.67 bits per heavy atom. The lowest BCUT2D eigenvalue weighted by atomic mass is 10.1. The van der Waals surface area contributed by atoms with Crippen LogP contribution >= 0.6 is 0 Å². The number of carbonyl (C=O) groups excluding carboxylic acids is 3. The molecule has 2 aromatic rings. The lowest BCUT2D eigenvalue weighted by Crippen LogP contribution is -2.39. The molecule has 30 heavy (non-hydrogen) atoms. The average Bonchev–Trinajstić information content (AvgIpc) is 3.11. The second-order valence-electron chi connectivity index (χ2n) is 7.99. The molecular weight excluding hydrogens is 378 g/mol. The van der Waals surface area contributed by atoms with Crippen molar-refractivity contribution in [3.8, 4) is 0 Å². The number of rotatable bonds is 6. The third-order valence-corrected chi connectivity index (χ3v) is 5.53. The number of likely N-dealkylation sites (N-methyl/N-ethyl adjacent to an activating group) is 1. The molecule has 1 heterocycles. The van der Waals surface area contributed by atoms with Gasteiger partial charge in [-0.15, -0.1) is 0 Å². The molecule has 1 aliphatic heterocycles. The maximum atomic E-state index is 12.9. The van der Waals surface area contributed by atoms with Crippen LogP contribution in [0.25, 0.3) is 0 Å². The summed E-state index contributed by atoms with van der Waals surface area (Å²) in [6, 6.07) is 13.7. The number of benzene rings is 2. The van der Waals surface area contributed by atoms with Gasteiger partial charge in [-0.3, -0.25) is 14.4 Å². The van der Waals surface area contributed by atoms with Crippen molar-refractivity contribution in [3.63, 3.8) is 0 Å². The first-order valence-electron chi connectivity index (χ1n) is 10.3. The Hall–Kier alpha value is -3.15. The van der Waals surface area contributed by atoms with Crippen LogP contribution in [0.3, 0.4) is 0 Å². The molecule has 6 heteroatoms. The van der Waals surface area contributed by atoms with Crippen molar-refractivity contribution >= 4 is 29.1 Å². The first-order chi connectivity index (χ1) is 14.3. The molecule has 0 radical (unpaired) electrons. The van der Waals surface area contributed by atoms with Crippen molar-refractivity contribution in [3.05, 3.63) is 59.2 Å². The number of nitrogens with zero attached hydrogens (tertiary/aromatic N) is 2. The van der Waals surface area contributed by atoms with E-state index in [0.717, 1.165) is 34.5 Å². The van der Waals surface area contributed by atoms with Gasteiger partial charge in [0.25, 0.3) is 0 Å². The molecule has 1 saturated heterocycles. The summed E-state index contributed by atoms with van der Waals surface area (Å²) >= 11 is 0. The first-order valence-corrected chi connectivity index (χ1v) is 10.3. The number of hydrogen-bond acceptors (Lipinski definition) is 3. The van der Waals surface area contributed by atoms with Crippen LogP contribution in [0, 0.1) is 19.8 Å². The third-order valence-electron chi connectivity index (χ3n) is 5.53. The number of hydrogen-bond donors (Lipinski definition) is 1. The summed E-state index contributed by atoms with van der Waals surface area (Å²) in [5.74, 6) is -0.943. The van der Waals surface area contributed by atoms with Crippen LogP contribution in [0.4, 0.5) is 11.4 Å². The van der Waals surface area contributed by atoms with Crippen molar-refractivity contribution in [2.24, 2.45) is 5.92 Å². The van der Waals surface area contributed by atoms with Crippen molar-refractivity contribution in [2.75, 3.05) is 30.4 Å². The first kappa shape index (κ1) is 21.6. The van der Waals surface area contributed by atoms with Gasteiger partial charge in [0, 0.05) is 31.4 Å². The van der Waals surface area contributed by atoms with Gasteiger partial charge < -0.3 is 15.1 Å². The monoisotopic (exact) mass is 407 g/mol. The van der Waals surface area contributed by atoms with Crippen molar-refractivity contribution in [1.29, 1.82) is 0 Å². The van der Waals surface area contributed by atoms with E-state index in [1.165, 1.54) is 4.90 Å². The van der Waals surface area contributed by atoms with Crippen LogP contribution in [0.5, 0.6) is 0 Å². The zero-order valence-corrected chi connectivity index (χ0v) is 18.1. The largest absolute Gasteiger partial charge is 0.336 e. The molecule has 1 N–H and O–H groups in total. The minimum absolute atomic E-state index is 0.0533. The van der Waals surface area contributed by atoms with Crippen molar-refractivity contribution in [1.82, 2.24) is 4.90 Å². The Bertz CT molecular complexity index is 970. The minimum Gasteiger partial charge on any atom is -0.336 e. The Balaban J connectivity index is 1.61. The van der Waals surface area contributed by atoms with E-state index >= 15 is 0 Å². The predicted molar refractivity (Wildman–Crippen MR) is 118 cm³/mol. The van der Waals surface area contributed by atoms with Gasteiger partial charge >= 0.3 is 0 Å². The summed E-state index contributed by atoms with van der Waals surface area (Å²) in [5.41, 5.74) is 4.74. The number of anilines is 2. The highest BCUT2D eigenvalue weighted by Crippen LogP contribution is 2.27. The van der Waals surface area contributed by atoms with Gasteiger partial charge in [0.1, 0.15) is 0 Å². The van der Waals surface area contributed by atoms with Crippen LogP contribution in [-0.2, 0) is 20.8 Å². The van der Waals surface area contributed by atoms with Crippen LogP contribution in [-0.4, -0.2) is 42.8 Å². The maximum Gasteiger partial charge on any atom is 0.243 e. The fourth-order valence-electron chi connectivity index (χ4n) is 3.73. The summed E-state index contributed by atoms with van der Waals surface area (Å²) in [5, 5.41) is 2.87. The van der Waals surface area contributed by atoms with Gasteiger partial charge in [0.05, 0.1) is 12.5 Å². The van der Waals surface area contributed by atoms with E-state index in [0.29, 0.717) is 6.54 Å². The van der Waals surface area contributed by atoms with E-state index in [4.69, 9.17) is 0 Å². The van der Waals surface area contributed by atoms with Crippen LogP contribution in [0.2, 0.25) is 0 Å². The van der Waals surface area contributed by atoms with E-state index < -0.39 is 5.92 Å². The smallest absolute Gasteiger partial charge is 0.243 e. The maximum absolute atomic E-state index is 12.9. The fourth-order valence-corrected chi connectivity index (χ4v) is 3.73. The number of carbonyl (C=O) groups is 3.